The van der Waals surface area contributed by atoms with Crippen LogP contribution in [-0.4, -0.2) is 21.2 Å². The molecule has 0 saturated carbocycles. The summed E-state index contributed by atoms with van der Waals surface area (Å²) in [5.74, 6) is -0.445. The number of carboxylic acids is 1. The van der Waals surface area contributed by atoms with Gasteiger partial charge in [-0.3, -0.25) is 9.78 Å². The summed E-state index contributed by atoms with van der Waals surface area (Å²) in [5, 5.41) is 17.2. The molecule has 1 aliphatic rings. The molecule has 1 aliphatic carbocycles. The number of aliphatic carboxylic acids is 1. The summed E-state index contributed by atoms with van der Waals surface area (Å²) in [7, 11) is 0. The van der Waals surface area contributed by atoms with E-state index in [-0.39, 0.29) is 23.1 Å². The lowest BCUT2D eigenvalue weighted by Gasteiger charge is -2.26. The molecule has 0 aromatic carbocycles. The predicted octanol–water partition coefficient (Wildman–Crippen LogP) is 2.37. The Morgan fingerprint density at radius 3 is 2.71 bits per heavy atom. The van der Waals surface area contributed by atoms with E-state index < -0.39 is 5.97 Å². The first kappa shape index (κ1) is 16.1. The minimum absolute atomic E-state index is 0. The normalized spacial score (nSPS) is 21.4. The summed E-state index contributed by atoms with van der Waals surface area (Å²) in [6, 6.07) is 1.93. The number of fused-ring (bicyclic) bond motifs is 1. The molecule has 0 fully saturated rings. The lowest BCUT2D eigenvalue weighted by Crippen LogP contribution is -2.17. The van der Waals surface area contributed by atoms with Crippen LogP contribution in [0, 0.1) is 5.92 Å². The monoisotopic (exact) mass is 303 g/mol. The second-order valence-electron chi connectivity index (χ2n) is 4.05. The van der Waals surface area contributed by atoms with E-state index in [2.05, 4.69) is 11.9 Å². The Balaban J connectivity index is 0.000000453. The average Bonchev–Trinajstić information content (AvgIpc) is 2.23. The Labute approximate surface area is 111 Å². The van der Waals surface area contributed by atoms with Crippen LogP contribution >= 0.6 is 17.0 Å². The number of aliphatic hydroxyl groups is 1. The van der Waals surface area contributed by atoms with Crippen molar-refractivity contribution in [2.75, 3.05) is 0 Å². The van der Waals surface area contributed by atoms with E-state index in [4.69, 9.17) is 9.90 Å². The number of hydrogen-bond acceptors (Lipinski definition) is 3. The quantitative estimate of drug-likeness (QED) is 0.772. The fraction of sp³-hybridized carbons (Fsp3) is 0.500. The van der Waals surface area contributed by atoms with E-state index in [1.807, 2.05) is 12.3 Å². The van der Waals surface area contributed by atoms with Gasteiger partial charge in [-0.15, -0.1) is 17.0 Å². The molecule has 1 heterocycles. The van der Waals surface area contributed by atoms with E-state index in [0.29, 0.717) is 5.92 Å². The van der Waals surface area contributed by atoms with Crippen LogP contribution in [0.4, 0.5) is 0 Å². The Morgan fingerprint density at radius 1 is 1.53 bits per heavy atom. The Hall–Kier alpha value is -0.940. The van der Waals surface area contributed by atoms with Gasteiger partial charge >= 0.3 is 0 Å². The molecule has 0 spiro atoms. The third-order valence-corrected chi connectivity index (χ3v) is 2.67. The van der Waals surface area contributed by atoms with Gasteiger partial charge in [-0.05, 0) is 36.0 Å². The number of pyridine rings is 1. The molecule has 0 saturated heterocycles. The third-order valence-electron chi connectivity index (χ3n) is 2.67. The fourth-order valence-electron chi connectivity index (χ4n) is 1.78. The van der Waals surface area contributed by atoms with Crippen molar-refractivity contribution in [1.82, 2.24) is 4.98 Å². The lowest BCUT2D eigenvalue weighted by atomic mass is 9.84. The summed E-state index contributed by atoms with van der Waals surface area (Å²) in [6.07, 6.45) is 5.46. The lowest BCUT2D eigenvalue weighted by molar-refractivity contribution is -0.134. The van der Waals surface area contributed by atoms with Crippen molar-refractivity contribution < 1.29 is 15.0 Å². The smallest absolute Gasteiger partial charge is 0.300 e. The van der Waals surface area contributed by atoms with Gasteiger partial charge in [-0.1, -0.05) is 6.92 Å². The van der Waals surface area contributed by atoms with Crippen LogP contribution in [-0.2, 0) is 11.2 Å². The van der Waals surface area contributed by atoms with Gasteiger partial charge in [-0.25, -0.2) is 0 Å². The molecule has 1 aromatic heterocycles. The highest BCUT2D eigenvalue weighted by Crippen LogP contribution is 2.32. The molecule has 2 unspecified atom stereocenters. The number of nitrogens with zero attached hydrogens (tertiary/aromatic N) is 1. The van der Waals surface area contributed by atoms with Crippen molar-refractivity contribution in [3.05, 3.63) is 29.6 Å². The number of aromatic nitrogens is 1. The summed E-state index contributed by atoms with van der Waals surface area (Å²) in [6.45, 7) is 3.17. The summed E-state index contributed by atoms with van der Waals surface area (Å²) in [4.78, 5) is 13.0. The zero-order valence-electron chi connectivity index (χ0n) is 9.96. The Bertz CT molecular complexity index is 367. The number of carboxylic acid groups (broad SMARTS) is 1. The molecule has 2 atom stereocenters. The first-order chi connectivity index (χ1) is 7.52. The number of carbonyl (C=O) groups is 1. The number of aliphatic hydroxyl groups excluding tert-OH is 1. The highest BCUT2D eigenvalue weighted by molar-refractivity contribution is 8.93. The molecule has 0 aliphatic heterocycles. The second-order valence-corrected chi connectivity index (χ2v) is 4.05. The zero-order chi connectivity index (χ0) is 12.1. The van der Waals surface area contributed by atoms with Crippen LogP contribution in [0.2, 0.25) is 0 Å². The highest BCUT2D eigenvalue weighted by Gasteiger charge is 2.23. The first-order valence-corrected chi connectivity index (χ1v) is 5.32. The van der Waals surface area contributed by atoms with Crippen molar-refractivity contribution >= 4 is 23.0 Å². The van der Waals surface area contributed by atoms with Crippen LogP contribution < -0.4 is 0 Å². The molecule has 96 valence electrons. The van der Waals surface area contributed by atoms with Gasteiger partial charge in [0.15, 0.2) is 0 Å². The van der Waals surface area contributed by atoms with Gasteiger partial charge in [0.2, 0.25) is 0 Å². The molecule has 4 nitrogen and oxygen atoms in total. The standard InChI is InChI=1S/C10H13NO.C2H4O2.BrH/c1-7-2-3-8-6-11-5-4-9(8)10(7)12;1-2(3)4;/h4-7,10,12H,2-3H2,1H3;1H3,(H,3,4);1H. The van der Waals surface area contributed by atoms with Crippen LogP contribution in [0.1, 0.15) is 37.5 Å². The molecule has 2 N–H and O–H groups in total. The minimum atomic E-state index is -0.833. The molecule has 2 rings (SSSR count). The van der Waals surface area contributed by atoms with Crippen molar-refractivity contribution in [2.45, 2.75) is 32.8 Å². The van der Waals surface area contributed by atoms with E-state index >= 15 is 0 Å². The molecule has 1 aromatic rings. The third kappa shape index (κ3) is 4.83. The molecule has 0 radical (unpaired) electrons. The van der Waals surface area contributed by atoms with Gasteiger partial charge in [0.1, 0.15) is 0 Å². The molecule has 0 amide bonds. The van der Waals surface area contributed by atoms with Crippen LogP contribution in [0.15, 0.2) is 18.5 Å². The zero-order valence-corrected chi connectivity index (χ0v) is 11.7. The number of hydrogen-bond donors (Lipinski definition) is 2. The van der Waals surface area contributed by atoms with Crippen molar-refractivity contribution in [2.24, 2.45) is 5.92 Å². The van der Waals surface area contributed by atoms with Gasteiger partial charge in [-0.2, -0.15) is 0 Å². The molecule has 5 heteroatoms. The maximum absolute atomic E-state index is 9.80. The summed E-state index contributed by atoms with van der Waals surface area (Å²) in [5.41, 5.74) is 2.28. The minimum Gasteiger partial charge on any atom is -0.481 e. The predicted molar refractivity (Wildman–Crippen MR) is 70.3 cm³/mol. The molecule has 0 bridgehead atoms. The van der Waals surface area contributed by atoms with Crippen molar-refractivity contribution in [3.8, 4) is 0 Å². The maximum atomic E-state index is 9.80. The van der Waals surface area contributed by atoms with Gasteiger partial charge < -0.3 is 10.2 Å². The van der Waals surface area contributed by atoms with Gasteiger partial charge in [0.05, 0.1) is 6.10 Å². The maximum Gasteiger partial charge on any atom is 0.300 e. The average molecular weight is 304 g/mol. The van der Waals surface area contributed by atoms with Gasteiger partial charge in [0.25, 0.3) is 5.97 Å². The Morgan fingerprint density at radius 2 is 2.12 bits per heavy atom. The number of rotatable bonds is 0. The second kappa shape index (κ2) is 7.40. The summed E-state index contributed by atoms with van der Waals surface area (Å²) >= 11 is 0. The first-order valence-electron chi connectivity index (χ1n) is 5.32. The van der Waals surface area contributed by atoms with E-state index in [1.165, 1.54) is 5.56 Å². The van der Waals surface area contributed by atoms with E-state index in [9.17, 15) is 5.11 Å². The van der Waals surface area contributed by atoms with Crippen molar-refractivity contribution in [3.63, 3.8) is 0 Å². The van der Waals surface area contributed by atoms with Crippen LogP contribution in [0.25, 0.3) is 0 Å². The van der Waals surface area contributed by atoms with Crippen molar-refractivity contribution in [1.29, 1.82) is 0 Å². The van der Waals surface area contributed by atoms with E-state index in [1.54, 1.807) is 6.20 Å². The topological polar surface area (TPSA) is 70.4 Å². The van der Waals surface area contributed by atoms with Crippen LogP contribution in [0.5, 0.6) is 0 Å². The molecular weight excluding hydrogens is 286 g/mol. The summed E-state index contributed by atoms with van der Waals surface area (Å²) < 4.78 is 0. The Kier molecular flexibility index (Phi) is 6.99. The fourth-order valence-corrected chi connectivity index (χ4v) is 1.78. The highest BCUT2D eigenvalue weighted by atomic mass is 79.9. The number of halogens is 1. The van der Waals surface area contributed by atoms with Gasteiger partial charge in [0, 0.05) is 19.3 Å². The number of aryl methyl sites for hydroxylation is 1. The van der Waals surface area contributed by atoms with E-state index in [0.717, 1.165) is 25.3 Å². The SMILES string of the molecule is Br.CC(=O)O.CC1CCc2cnccc2C1O. The molecule has 17 heavy (non-hydrogen) atoms. The largest absolute Gasteiger partial charge is 0.481 e. The molecular formula is C12H18BrNO3. The van der Waals surface area contributed by atoms with Crippen LogP contribution in [0.3, 0.4) is 0 Å².